The molecule has 0 atom stereocenters. The number of H-pyrrole nitrogens is 1. The van der Waals surface area contributed by atoms with Gasteiger partial charge in [-0.1, -0.05) is 26.2 Å². The van der Waals surface area contributed by atoms with Crippen LogP contribution < -0.4 is 4.74 Å². The number of unbranched alkanes of at least 4 members (excludes halogenated alkanes) is 3. The third-order valence-electron chi connectivity index (χ3n) is 5.02. The molecule has 0 radical (unpaired) electrons. The highest BCUT2D eigenvalue weighted by Crippen LogP contribution is 2.43. The van der Waals surface area contributed by atoms with Crippen molar-refractivity contribution in [1.29, 1.82) is 0 Å². The predicted octanol–water partition coefficient (Wildman–Crippen LogP) is 7.49. The van der Waals surface area contributed by atoms with Gasteiger partial charge in [-0.2, -0.15) is 13.2 Å². The Balaban J connectivity index is 1.93. The largest absolute Gasteiger partial charge is 0.481 e. The zero-order chi connectivity index (χ0) is 22.6. The maximum atomic E-state index is 13.7. The number of halogens is 4. The van der Waals surface area contributed by atoms with E-state index in [2.05, 4.69) is 27.8 Å². The third-order valence-corrected chi connectivity index (χ3v) is 5.61. The number of hydrogen-bond donors (Lipinski definition) is 2. The van der Waals surface area contributed by atoms with Gasteiger partial charge in [0.1, 0.15) is 5.75 Å². The van der Waals surface area contributed by atoms with Crippen molar-refractivity contribution in [3.8, 4) is 11.5 Å². The molecule has 0 aliphatic heterocycles. The summed E-state index contributed by atoms with van der Waals surface area (Å²) in [6, 6.07) is 7.28. The second-order valence-corrected chi connectivity index (χ2v) is 8.31. The minimum absolute atomic E-state index is 0.0366. The molecule has 1 aromatic heterocycles. The van der Waals surface area contributed by atoms with Gasteiger partial charge < -0.3 is 14.8 Å². The summed E-state index contributed by atoms with van der Waals surface area (Å²) < 4.78 is 46.7. The summed E-state index contributed by atoms with van der Waals surface area (Å²) in [5.41, 5.74) is 1.01. The van der Waals surface area contributed by atoms with E-state index in [0.717, 1.165) is 48.2 Å². The van der Waals surface area contributed by atoms with Crippen LogP contribution in [0.5, 0.6) is 11.5 Å². The van der Waals surface area contributed by atoms with Crippen molar-refractivity contribution < 1.29 is 27.8 Å². The topological polar surface area (TPSA) is 62.3 Å². The Kier molecular flexibility index (Phi) is 7.30. The van der Waals surface area contributed by atoms with Crippen LogP contribution in [0.2, 0.25) is 0 Å². The Morgan fingerprint density at radius 3 is 2.61 bits per heavy atom. The zero-order valence-corrected chi connectivity index (χ0v) is 18.6. The van der Waals surface area contributed by atoms with Crippen LogP contribution in [0.4, 0.5) is 13.2 Å². The van der Waals surface area contributed by atoms with Crippen LogP contribution >= 0.6 is 15.9 Å². The second kappa shape index (κ2) is 9.77. The van der Waals surface area contributed by atoms with Crippen molar-refractivity contribution in [3.63, 3.8) is 0 Å². The molecule has 8 heteroatoms. The molecule has 166 valence electrons. The highest BCUT2D eigenvalue weighted by molar-refractivity contribution is 9.10. The van der Waals surface area contributed by atoms with Gasteiger partial charge in [0.15, 0.2) is 5.75 Å². The smallest absolute Gasteiger partial charge is 0.420 e. The summed E-state index contributed by atoms with van der Waals surface area (Å²) in [5.74, 6) is -1.32. The first-order valence-electron chi connectivity index (χ1n) is 10.1. The molecule has 1 heterocycles. The number of aromatic amines is 1. The Labute approximate surface area is 186 Å². The van der Waals surface area contributed by atoms with E-state index >= 15 is 0 Å². The lowest BCUT2D eigenvalue weighted by atomic mass is 10.1. The van der Waals surface area contributed by atoms with E-state index in [1.54, 1.807) is 18.2 Å². The van der Waals surface area contributed by atoms with Crippen LogP contribution in [0.15, 0.2) is 41.0 Å². The number of rotatable bonds is 9. The van der Waals surface area contributed by atoms with Gasteiger partial charge in [-0.05, 0) is 70.2 Å². The average Bonchev–Trinajstić information content (AvgIpc) is 3.08. The normalized spacial score (nSPS) is 11.8. The lowest BCUT2D eigenvalue weighted by Crippen LogP contribution is -2.10. The highest BCUT2D eigenvalue weighted by Gasteiger charge is 2.36. The highest BCUT2D eigenvalue weighted by atomic mass is 79.9. The van der Waals surface area contributed by atoms with Crippen molar-refractivity contribution in [1.82, 2.24) is 4.98 Å². The van der Waals surface area contributed by atoms with Crippen molar-refractivity contribution in [2.24, 2.45) is 0 Å². The van der Waals surface area contributed by atoms with Gasteiger partial charge in [0.2, 0.25) is 0 Å². The molecule has 0 bridgehead atoms. The van der Waals surface area contributed by atoms with E-state index < -0.39 is 24.1 Å². The number of carboxylic acid groups (broad SMARTS) is 1. The quantitative estimate of drug-likeness (QED) is 0.301. The Morgan fingerprint density at radius 1 is 1.16 bits per heavy atom. The molecule has 3 aromatic rings. The van der Waals surface area contributed by atoms with Gasteiger partial charge in [0.25, 0.3) is 0 Å². The number of alkyl halides is 3. The second-order valence-electron chi connectivity index (χ2n) is 7.46. The molecular formula is C23H23BrF3NO3. The number of aryl methyl sites for hydroxylation is 1. The number of benzene rings is 2. The van der Waals surface area contributed by atoms with E-state index in [4.69, 9.17) is 9.84 Å². The van der Waals surface area contributed by atoms with Crippen molar-refractivity contribution >= 4 is 32.8 Å². The Bertz CT molecular complexity index is 1080. The number of aromatic nitrogens is 1. The molecule has 2 N–H and O–H groups in total. The van der Waals surface area contributed by atoms with Gasteiger partial charge in [-0.25, -0.2) is 0 Å². The van der Waals surface area contributed by atoms with Crippen LogP contribution in [0.25, 0.3) is 10.9 Å². The average molecular weight is 498 g/mol. The molecule has 2 aromatic carbocycles. The molecule has 0 saturated heterocycles. The lowest BCUT2D eigenvalue weighted by molar-refractivity contribution is -0.139. The fourth-order valence-corrected chi connectivity index (χ4v) is 4.12. The molecule has 0 amide bonds. The van der Waals surface area contributed by atoms with E-state index in [0.29, 0.717) is 0 Å². The first kappa shape index (κ1) is 23.2. The lowest BCUT2D eigenvalue weighted by Gasteiger charge is -2.17. The number of carbonyl (C=O) groups is 1. The molecule has 0 saturated carbocycles. The number of fused-ring (bicyclic) bond motifs is 1. The van der Waals surface area contributed by atoms with Gasteiger partial charge in [-0.3, -0.25) is 4.79 Å². The molecule has 31 heavy (non-hydrogen) atoms. The summed E-state index contributed by atoms with van der Waals surface area (Å²) in [6.07, 6.45) is 2.08. The molecule has 0 unspecified atom stereocenters. The minimum atomic E-state index is -4.70. The number of aliphatic carboxylic acids is 1. The first-order valence-corrected chi connectivity index (χ1v) is 10.9. The Hall–Kier alpha value is -2.48. The predicted molar refractivity (Wildman–Crippen MR) is 117 cm³/mol. The van der Waals surface area contributed by atoms with Crippen LogP contribution in [0, 0.1) is 0 Å². The van der Waals surface area contributed by atoms with E-state index in [9.17, 15) is 18.0 Å². The summed E-state index contributed by atoms with van der Waals surface area (Å²) in [4.78, 5) is 14.1. The van der Waals surface area contributed by atoms with Gasteiger partial charge >= 0.3 is 12.1 Å². The maximum Gasteiger partial charge on any atom is 0.420 e. The van der Waals surface area contributed by atoms with Crippen LogP contribution in [-0.4, -0.2) is 16.1 Å². The molecule has 4 nitrogen and oxygen atoms in total. The van der Waals surface area contributed by atoms with Crippen LogP contribution in [0.1, 0.15) is 49.3 Å². The monoisotopic (exact) mass is 497 g/mol. The van der Waals surface area contributed by atoms with Gasteiger partial charge in [0, 0.05) is 17.1 Å². The van der Waals surface area contributed by atoms with Crippen molar-refractivity contribution in [2.45, 2.75) is 51.6 Å². The first-order chi connectivity index (χ1) is 14.7. The van der Waals surface area contributed by atoms with E-state index in [-0.39, 0.29) is 21.5 Å². The van der Waals surface area contributed by atoms with E-state index in [1.807, 2.05) is 6.20 Å². The number of ether oxygens (including phenoxy) is 1. The van der Waals surface area contributed by atoms with Crippen molar-refractivity contribution in [3.05, 3.63) is 57.7 Å². The molecule has 3 rings (SSSR count). The molecular weight excluding hydrogens is 475 g/mol. The van der Waals surface area contributed by atoms with Gasteiger partial charge in [0.05, 0.1) is 16.5 Å². The molecule has 0 aliphatic carbocycles. The molecule has 0 aliphatic rings. The minimum Gasteiger partial charge on any atom is -0.481 e. The summed E-state index contributed by atoms with van der Waals surface area (Å²) in [5, 5.41) is 9.84. The fraction of sp³-hybridized carbons (Fsp3) is 0.348. The zero-order valence-electron chi connectivity index (χ0n) is 17.0. The van der Waals surface area contributed by atoms with Gasteiger partial charge in [-0.15, -0.1) is 0 Å². The number of nitrogens with one attached hydrogen (secondary N) is 1. The Morgan fingerprint density at radius 2 is 1.94 bits per heavy atom. The molecule has 0 spiro atoms. The SMILES string of the molecule is CCCCCCc1c[nH]c2ccc(Oc3c(Br)cc(CC(=O)O)cc3C(F)(F)F)cc12. The standard InChI is InChI=1S/C23H23BrF3NO3/c1-2-3-4-5-6-15-13-28-20-8-7-16(12-17(15)20)31-22-18(23(25,26)27)9-14(10-19(22)24)11-21(29)30/h7-10,12-13,28H,2-6,11H2,1H3,(H,29,30). The fourth-order valence-electron chi connectivity index (χ4n) is 3.53. The van der Waals surface area contributed by atoms with Crippen molar-refractivity contribution in [2.75, 3.05) is 0 Å². The molecule has 0 fully saturated rings. The summed E-state index contributed by atoms with van der Waals surface area (Å²) in [6.45, 7) is 2.15. The number of hydrogen-bond acceptors (Lipinski definition) is 2. The number of carboxylic acids is 1. The summed E-state index contributed by atoms with van der Waals surface area (Å²) in [7, 11) is 0. The van der Waals surface area contributed by atoms with Crippen LogP contribution in [0.3, 0.4) is 0 Å². The van der Waals surface area contributed by atoms with E-state index in [1.165, 1.54) is 12.5 Å². The summed E-state index contributed by atoms with van der Waals surface area (Å²) >= 11 is 3.12. The third kappa shape index (κ3) is 5.81. The van der Waals surface area contributed by atoms with Crippen LogP contribution in [-0.2, 0) is 23.8 Å². The maximum absolute atomic E-state index is 13.7.